The molecule has 1 amide bonds. The third-order valence-corrected chi connectivity index (χ3v) is 2.08. The average molecular weight is 185 g/mol. The number of hydrogen-bond acceptors (Lipinski definition) is 2. The lowest BCUT2D eigenvalue weighted by atomic mass is 10.1. The molecule has 0 aliphatic carbocycles. The first kappa shape index (κ1) is 9.00. The summed E-state index contributed by atoms with van der Waals surface area (Å²) in [4.78, 5) is 14.7. The van der Waals surface area contributed by atoms with Crippen LogP contribution in [-0.2, 0) is 0 Å². The minimum atomic E-state index is -0.534. The van der Waals surface area contributed by atoms with Gasteiger partial charge >= 0.3 is 0 Å². The molecule has 0 spiro atoms. The molecule has 1 heterocycles. The fourth-order valence-corrected chi connectivity index (χ4v) is 1.24. The second kappa shape index (κ2) is 3.11. The summed E-state index contributed by atoms with van der Waals surface area (Å²) in [5, 5.41) is 0.172. The van der Waals surface area contributed by atoms with E-state index in [1.54, 1.807) is 13.1 Å². The highest BCUT2D eigenvalue weighted by atomic mass is 35.5. The fraction of sp³-hybridized carbons (Fsp3) is 0.250. The summed E-state index contributed by atoms with van der Waals surface area (Å²) in [7, 11) is 0. The van der Waals surface area contributed by atoms with Gasteiger partial charge in [-0.25, -0.2) is 4.98 Å². The normalized spacial score (nSPS) is 9.92. The lowest BCUT2D eigenvalue weighted by Crippen LogP contribution is -2.14. The predicted molar refractivity (Wildman–Crippen MR) is 47.2 cm³/mol. The van der Waals surface area contributed by atoms with Crippen LogP contribution in [0.3, 0.4) is 0 Å². The lowest BCUT2D eigenvalue weighted by Gasteiger charge is -2.05. The molecule has 0 saturated heterocycles. The maximum atomic E-state index is 10.9. The highest BCUT2D eigenvalue weighted by Gasteiger charge is 2.12. The molecular weight excluding hydrogens is 176 g/mol. The maximum absolute atomic E-state index is 10.9. The summed E-state index contributed by atoms with van der Waals surface area (Å²) in [6, 6.07) is 0. The van der Waals surface area contributed by atoms with Crippen LogP contribution in [0.4, 0.5) is 0 Å². The highest BCUT2D eigenvalue weighted by molar-refractivity contribution is 6.32. The number of pyridine rings is 1. The molecule has 64 valence electrons. The summed E-state index contributed by atoms with van der Waals surface area (Å²) >= 11 is 5.68. The van der Waals surface area contributed by atoms with E-state index >= 15 is 0 Å². The van der Waals surface area contributed by atoms with E-state index in [-0.39, 0.29) is 5.15 Å². The van der Waals surface area contributed by atoms with Crippen molar-refractivity contribution in [1.82, 2.24) is 4.98 Å². The van der Waals surface area contributed by atoms with Crippen LogP contribution in [-0.4, -0.2) is 10.9 Å². The van der Waals surface area contributed by atoms with E-state index in [4.69, 9.17) is 17.3 Å². The molecule has 0 aromatic carbocycles. The summed E-state index contributed by atoms with van der Waals surface area (Å²) in [5.74, 6) is -0.534. The first-order chi connectivity index (χ1) is 5.54. The number of carbonyl (C=O) groups excluding carboxylic acids is 1. The molecule has 0 aliphatic rings. The minimum absolute atomic E-state index is 0.172. The van der Waals surface area contributed by atoms with Crippen LogP contribution in [0, 0.1) is 13.8 Å². The Morgan fingerprint density at radius 1 is 1.58 bits per heavy atom. The number of aromatic nitrogens is 1. The van der Waals surface area contributed by atoms with Gasteiger partial charge < -0.3 is 5.73 Å². The zero-order valence-corrected chi connectivity index (χ0v) is 7.64. The third kappa shape index (κ3) is 1.41. The Morgan fingerprint density at radius 2 is 2.17 bits per heavy atom. The molecule has 0 atom stereocenters. The third-order valence-electron chi connectivity index (χ3n) is 1.79. The van der Waals surface area contributed by atoms with Gasteiger partial charge in [0.25, 0.3) is 5.91 Å². The van der Waals surface area contributed by atoms with Gasteiger partial charge in [-0.3, -0.25) is 4.79 Å². The van der Waals surface area contributed by atoms with Gasteiger partial charge in [-0.15, -0.1) is 0 Å². The number of carbonyl (C=O) groups is 1. The van der Waals surface area contributed by atoms with Crippen LogP contribution in [0.5, 0.6) is 0 Å². The molecule has 1 aromatic heterocycles. The predicted octanol–water partition coefficient (Wildman–Crippen LogP) is 1.45. The minimum Gasteiger partial charge on any atom is -0.365 e. The summed E-state index contributed by atoms with van der Waals surface area (Å²) < 4.78 is 0. The van der Waals surface area contributed by atoms with Gasteiger partial charge in [0, 0.05) is 6.20 Å². The molecule has 0 aliphatic heterocycles. The van der Waals surface area contributed by atoms with E-state index in [1.165, 1.54) is 0 Å². The Kier molecular flexibility index (Phi) is 2.33. The highest BCUT2D eigenvalue weighted by Crippen LogP contribution is 2.18. The summed E-state index contributed by atoms with van der Waals surface area (Å²) in [6.45, 7) is 3.65. The number of rotatable bonds is 1. The first-order valence-electron chi connectivity index (χ1n) is 3.45. The van der Waals surface area contributed by atoms with E-state index in [0.717, 1.165) is 11.1 Å². The standard InChI is InChI=1S/C8H9ClN2O/c1-4-3-11-7(9)6(5(4)2)8(10)12/h3H,1-2H3,(H2,10,12). The number of halogens is 1. The zero-order chi connectivity index (χ0) is 9.30. The van der Waals surface area contributed by atoms with Crippen LogP contribution in [0.2, 0.25) is 5.15 Å². The van der Waals surface area contributed by atoms with E-state index in [2.05, 4.69) is 4.98 Å². The lowest BCUT2D eigenvalue weighted by molar-refractivity contribution is 0.0999. The molecule has 0 fully saturated rings. The topological polar surface area (TPSA) is 56.0 Å². The monoisotopic (exact) mass is 184 g/mol. The number of amides is 1. The van der Waals surface area contributed by atoms with E-state index in [0.29, 0.717) is 5.56 Å². The van der Waals surface area contributed by atoms with Crippen molar-refractivity contribution < 1.29 is 4.79 Å². The Morgan fingerprint density at radius 3 is 2.58 bits per heavy atom. The van der Waals surface area contributed by atoms with Crippen LogP contribution in [0.25, 0.3) is 0 Å². The van der Waals surface area contributed by atoms with Crippen molar-refractivity contribution in [3.8, 4) is 0 Å². The average Bonchev–Trinajstić information content (AvgIpc) is 1.97. The molecule has 1 aromatic rings. The molecule has 3 nitrogen and oxygen atoms in total. The van der Waals surface area contributed by atoms with Crippen LogP contribution in [0.1, 0.15) is 21.5 Å². The van der Waals surface area contributed by atoms with Crippen molar-refractivity contribution >= 4 is 17.5 Å². The molecule has 0 radical (unpaired) electrons. The number of aryl methyl sites for hydroxylation is 1. The molecule has 0 unspecified atom stereocenters. The van der Waals surface area contributed by atoms with Gasteiger partial charge in [0.1, 0.15) is 5.15 Å². The van der Waals surface area contributed by atoms with Gasteiger partial charge in [0.05, 0.1) is 5.56 Å². The van der Waals surface area contributed by atoms with Crippen molar-refractivity contribution in [2.45, 2.75) is 13.8 Å². The van der Waals surface area contributed by atoms with Crippen molar-refractivity contribution in [1.29, 1.82) is 0 Å². The molecule has 0 bridgehead atoms. The van der Waals surface area contributed by atoms with Gasteiger partial charge in [-0.1, -0.05) is 11.6 Å². The number of hydrogen-bond donors (Lipinski definition) is 1. The van der Waals surface area contributed by atoms with E-state index in [9.17, 15) is 4.79 Å². The largest absolute Gasteiger partial charge is 0.365 e. The van der Waals surface area contributed by atoms with Gasteiger partial charge in [0.2, 0.25) is 0 Å². The summed E-state index contributed by atoms with van der Waals surface area (Å²) in [6.07, 6.45) is 1.62. The second-order valence-corrected chi connectivity index (χ2v) is 2.95. The van der Waals surface area contributed by atoms with Gasteiger partial charge in [-0.2, -0.15) is 0 Å². The van der Waals surface area contributed by atoms with E-state index < -0.39 is 5.91 Å². The first-order valence-corrected chi connectivity index (χ1v) is 3.83. The SMILES string of the molecule is Cc1cnc(Cl)c(C(N)=O)c1C. The van der Waals surface area contributed by atoms with E-state index in [1.807, 2.05) is 6.92 Å². The van der Waals surface area contributed by atoms with Crippen molar-refractivity contribution in [3.05, 3.63) is 28.0 Å². The smallest absolute Gasteiger partial charge is 0.252 e. The molecule has 1 rings (SSSR count). The Labute approximate surface area is 75.6 Å². The molecule has 4 heteroatoms. The molecule has 12 heavy (non-hydrogen) atoms. The number of primary amides is 1. The quantitative estimate of drug-likeness (QED) is 0.672. The van der Waals surface area contributed by atoms with Gasteiger partial charge in [0.15, 0.2) is 0 Å². The fourth-order valence-electron chi connectivity index (χ4n) is 0.953. The Hall–Kier alpha value is -1.09. The van der Waals surface area contributed by atoms with Gasteiger partial charge in [-0.05, 0) is 25.0 Å². The number of nitrogens with two attached hydrogens (primary N) is 1. The molecule has 0 saturated carbocycles. The van der Waals surface area contributed by atoms with Crippen LogP contribution in [0.15, 0.2) is 6.20 Å². The molecular formula is C8H9ClN2O. The van der Waals surface area contributed by atoms with Crippen LogP contribution < -0.4 is 5.73 Å². The molecule has 2 N–H and O–H groups in total. The van der Waals surface area contributed by atoms with Crippen molar-refractivity contribution in [2.24, 2.45) is 5.73 Å². The maximum Gasteiger partial charge on any atom is 0.252 e. The van der Waals surface area contributed by atoms with Crippen molar-refractivity contribution in [2.75, 3.05) is 0 Å². The Balaban J connectivity index is 3.43. The zero-order valence-electron chi connectivity index (χ0n) is 6.89. The number of nitrogens with zero attached hydrogens (tertiary/aromatic N) is 1. The second-order valence-electron chi connectivity index (χ2n) is 2.60. The van der Waals surface area contributed by atoms with Crippen LogP contribution >= 0.6 is 11.6 Å². The Bertz CT molecular complexity index is 336. The van der Waals surface area contributed by atoms with Crippen molar-refractivity contribution in [3.63, 3.8) is 0 Å². The summed E-state index contributed by atoms with van der Waals surface area (Å²) in [5.41, 5.74) is 7.14.